The molecule has 2 N–H and O–H groups in total. The number of nitrogens with two attached hydrogens (primary N) is 1. The molecule has 0 saturated heterocycles. The van der Waals surface area contributed by atoms with Gasteiger partial charge in [0.2, 0.25) is 0 Å². The molecule has 1 aromatic carbocycles. The monoisotopic (exact) mass is 282 g/mol. The molecule has 3 aromatic rings. The molecule has 0 fully saturated rings. The van der Waals surface area contributed by atoms with Crippen LogP contribution in [0.5, 0.6) is 0 Å². The molecule has 0 atom stereocenters. The Morgan fingerprint density at radius 1 is 1.25 bits per heavy atom. The zero-order valence-electron chi connectivity index (χ0n) is 10.5. The third-order valence-electron chi connectivity index (χ3n) is 3.10. The van der Waals surface area contributed by atoms with Gasteiger partial charge in [0.1, 0.15) is 10.8 Å². The Balaban J connectivity index is 2.33. The lowest BCUT2D eigenvalue weighted by atomic mass is 10.1. The molecule has 0 aliphatic rings. The highest BCUT2D eigenvalue weighted by molar-refractivity contribution is 6.29. The van der Waals surface area contributed by atoms with E-state index in [0.717, 1.165) is 22.6 Å². The van der Waals surface area contributed by atoms with Gasteiger partial charge in [-0.25, -0.2) is 4.98 Å². The number of imidazole rings is 1. The van der Waals surface area contributed by atoms with Crippen LogP contribution in [0.4, 0.5) is 5.69 Å². The second-order valence-corrected chi connectivity index (χ2v) is 4.80. The molecule has 20 heavy (non-hydrogen) atoms. The summed E-state index contributed by atoms with van der Waals surface area (Å²) in [6.07, 6.45) is 0.231. The molecule has 0 saturated carbocycles. The Labute approximate surface area is 121 Å². The average Bonchev–Trinajstić information content (AvgIpc) is 2.80. The van der Waals surface area contributed by atoms with E-state index in [0.29, 0.717) is 10.8 Å². The maximum absolute atomic E-state index is 9.06. The van der Waals surface area contributed by atoms with Crippen LogP contribution >= 0.6 is 11.6 Å². The quantitative estimate of drug-likeness (QED) is 0.579. The standard InChI is InChI=1S/C15H11ClN4/c16-13-5-2-6-14-19-15(12(7-8-17)20(13)14)10-3-1-4-11(18)9-10/h1-6,9H,7,18H2. The van der Waals surface area contributed by atoms with Crippen LogP contribution in [0.15, 0.2) is 42.5 Å². The van der Waals surface area contributed by atoms with Crippen LogP contribution in [0.3, 0.4) is 0 Å². The minimum Gasteiger partial charge on any atom is -0.399 e. The number of anilines is 1. The van der Waals surface area contributed by atoms with Crippen molar-refractivity contribution in [1.82, 2.24) is 9.38 Å². The first-order valence-corrected chi connectivity index (χ1v) is 6.47. The Bertz CT molecular complexity index is 829. The summed E-state index contributed by atoms with van der Waals surface area (Å²) < 4.78 is 1.79. The zero-order valence-corrected chi connectivity index (χ0v) is 11.3. The van der Waals surface area contributed by atoms with Gasteiger partial charge in [0, 0.05) is 11.3 Å². The number of hydrogen-bond donors (Lipinski definition) is 1. The molecule has 3 rings (SSSR count). The molecule has 0 amide bonds. The van der Waals surface area contributed by atoms with Gasteiger partial charge >= 0.3 is 0 Å². The van der Waals surface area contributed by atoms with Crippen LogP contribution in [-0.4, -0.2) is 9.38 Å². The van der Waals surface area contributed by atoms with Gasteiger partial charge in [-0.1, -0.05) is 29.8 Å². The SMILES string of the molecule is N#CCc1c(-c2cccc(N)c2)nc2cccc(Cl)n12. The molecule has 5 heteroatoms. The summed E-state index contributed by atoms with van der Waals surface area (Å²) in [5.41, 5.74) is 9.60. The van der Waals surface area contributed by atoms with E-state index in [9.17, 15) is 0 Å². The predicted octanol–water partition coefficient (Wildman–Crippen LogP) is 3.30. The number of nitriles is 1. The minimum atomic E-state index is 0.231. The van der Waals surface area contributed by atoms with E-state index in [1.807, 2.05) is 36.4 Å². The van der Waals surface area contributed by atoms with Crippen LogP contribution < -0.4 is 5.73 Å². The Morgan fingerprint density at radius 3 is 2.80 bits per heavy atom. The molecular weight excluding hydrogens is 272 g/mol. The maximum Gasteiger partial charge on any atom is 0.138 e. The van der Waals surface area contributed by atoms with Crippen molar-refractivity contribution in [2.45, 2.75) is 6.42 Å². The number of nitrogens with zero attached hydrogens (tertiary/aromatic N) is 3. The maximum atomic E-state index is 9.06. The van der Waals surface area contributed by atoms with E-state index in [1.54, 1.807) is 10.5 Å². The molecular formula is C15H11ClN4. The highest BCUT2D eigenvalue weighted by Gasteiger charge is 2.15. The summed E-state index contributed by atoms with van der Waals surface area (Å²) in [5, 5.41) is 9.59. The van der Waals surface area contributed by atoms with E-state index < -0.39 is 0 Å². The number of pyridine rings is 1. The van der Waals surface area contributed by atoms with Gasteiger partial charge in [-0.3, -0.25) is 4.40 Å². The van der Waals surface area contributed by atoms with Crippen LogP contribution in [0.25, 0.3) is 16.9 Å². The second-order valence-electron chi connectivity index (χ2n) is 4.41. The van der Waals surface area contributed by atoms with Gasteiger partial charge in [0.25, 0.3) is 0 Å². The largest absolute Gasteiger partial charge is 0.399 e. The number of nitrogen functional groups attached to an aromatic ring is 1. The number of hydrogen-bond acceptors (Lipinski definition) is 3. The van der Waals surface area contributed by atoms with E-state index in [4.69, 9.17) is 22.6 Å². The molecule has 0 bridgehead atoms. The van der Waals surface area contributed by atoms with Crippen LogP contribution in [0, 0.1) is 11.3 Å². The van der Waals surface area contributed by atoms with Crippen molar-refractivity contribution < 1.29 is 0 Å². The summed E-state index contributed by atoms with van der Waals surface area (Å²) in [4.78, 5) is 4.58. The van der Waals surface area contributed by atoms with E-state index in [-0.39, 0.29) is 6.42 Å². The van der Waals surface area contributed by atoms with Crippen molar-refractivity contribution in [3.63, 3.8) is 0 Å². The third kappa shape index (κ3) is 1.98. The van der Waals surface area contributed by atoms with Crippen molar-refractivity contribution in [2.75, 3.05) is 5.73 Å². The first-order valence-electron chi connectivity index (χ1n) is 6.09. The first kappa shape index (κ1) is 12.5. The first-order chi connectivity index (χ1) is 9.70. The van der Waals surface area contributed by atoms with Gasteiger partial charge < -0.3 is 5.73 Å². The number of benzene rings is 1. The Kier molecular flexibility index (Phi) is 3.05. The fourth-order valence-corrected chi connectivity index (χ4v) is 2.53. The van der Waals surface area contributed by atoms with Crippen molar-refractivity contribution in [1.29, 1.82) is 5.26 Å². The molecule has 0 aliphatic carbocycles. The average molecular weight is 283 g/mol. The minimum absolute atomic E-state index is 0.231. The van der Waals surface area contributed by atoms with Crippen LogP contribution in [0.1, 0.15) is 5.69 Å². The smallest absolute Gasteiger partial charge is 0.138 e. The lowest BCUT2D eigenvalue weighted by molar-refractivity contribution is 1.06. The van der Waals surface area contributed by atoms with Crippen molar-refractivity contribution >= 4 is 22.9 Å². The second kappa shape index (κ2) is 4.87. The normalized spacial score (nSPS) is 10.6. The molecule has 0 spiro atoms. The third-order valence-corrected chi connectivity index (χ3v) is 3.39. The summed E-state index contributed by atoms with van der Waals surface area (Å²) in [6.45, 7) is 0. The van der Waals surface area contributed by atoms with Gasteiger partial charge in [-0.2, -0.15) is 5.26 Å². The molecule has 0 radical (unpaired) electrons. The van der Waals surface area contributed by atoms with Crippen molar-refractivity contribution in [3.05, 3.63) is 53.3 Å². The van der Waals surface area contributed by atoms with Crippen LogP contribution in [-0.2, 0) is 6.42 Å². The molecule has 2 heterocycles. The number of rotatable bonds is 2. The molecule has 0 unspecified atom stereocenters. The van der Waals surface area contributed by atoms with Gasteiger partial charge in [0.05, 0.1) is 23.9 Å². The number of aromatic nitrogens is 2. The highest BCUT2D eigenvalue weighted by atomic mass is 35.5. The molecule has 98 valence electrons. The fourth-order valence-electron chi connectivity index (χ4n) is 2.27. The zero-order chi connectivity index (χ0) is 14.1. The van der Waals surface area contributed by atoms with Crippen LogP contribution in [0.2, 0.25) is 5.15 Å². The van der Waals surface area contributed by atoms with E-state index >= 15 is 0 Å². The Morgan fingerprint density at radius 2 is 2.05 bits per heavy atom. The van der Waals surface area contributed by atoms with Crippen molar-refractivity contribution in [3.8, 4) is 17.3 Å². The number of fused-ring (bicyclic) bond motifs is 1. The summed E-state index contributed by atoms with van der Waals surface area (Å²) >= 11 is 6.22. The van der Waals surface area contributed by atoms with Gasteiger partial charge in [-0.15, -0.1) is 0 Å². The van der Waals surface area contributed by atoms with Gasteiger partial charge in [0.15, 0.2) is 0 Å². The summed E-state index contributed by atoms with van der Waals surface area (Å²) in [7, 11) is 0. The molecule has 4 nitrogen and oxygen atoms in total. The van der Waals surface area contributed by atoms with Crippen molar-refractivity contribution in [2.24, 2.45) is 0 Å². The van der Waals surface area contributed by atoms with E-state index in [2.05, 4.69) is 11.1 Å². The summed E-state index contributed by atoms with van der Waals surface area (Å²) in [5.74, 6) is 0. The topological polar surface area (TPSA) is 67.1 Å². The fraction of sp³-hybridized carbons (Fsp3) is 0.0667. The van der Waals surface area contributed by atoms with E-state index in [1.165, 1.54) is 0 Å². The molecule has 0 aliphatic heterocycles. The van der Waals surface area contributed by atoms with Gasteiger partial charge in [-0.05, 0) is 24.3 Å². The lowest BCUT2D eigenvalue weighted by Gasteiger charge is -2.03. The lowest BCUT2D eigenvalue weighted by Crippen LogP contribution is -1.95. The number of halogens is 1. The highest BCUT2D eigenvalue weighted by Crippen LogP contribution is 2.28. The molecule has 2 aromatic heterocycles. The predicted molar refractivity (Wildman–Crippen MR) is 79.4 cm³/mol. The summed E-state index contributed by atoms with van der Waals surface area (Å²) in [6, 6.07) is 15.1. The Hall–Kier alpha value is -2.51.